The van der Waals surface area contributed by atoms with Crippen molar-refractivity contribution in [2.45, 2.75) is 25.0 Å². The fourth-order valence-corrected chi connectivity index (χ4v) is 4.43. The van der Waals surface area contributed by atoms with Crippen LogP contribution in [0.15, 0.2) is 51.7 Å². The van der Waals surface area contributed by atoms with Crippen molar-refractivity contribution in [1.29, 1.82) is 0 Å². The lowest BCUT2D eigenvalue weighted by Crippen LogP contribution is -2.22. The number of fused-ring (bicyclic) bond motifs is 3. The molecule has 3 heterocycles. The quantitative estimate of drug-likeness (QED) is 0.504. The highest BCUT2D eigenvalue weighted by atomic mass is 32.2. The largest absolute Gasteiger partial charge is 0.325 e. The molecule has 1 aromatic carbocycles. The molecule has 0 atom stereocenters. The highest BCUT2D eigenvalue weighted by molar-refractivity contribution is 7.99. The van der Waals surface area contributed by atoms with Gasteiger partial charge in [0, 0.05) is 12.2 Å². The third-order valence-electron chi connectivity index (χ3n) is 4.02. The lowest BCUT2D eigenvalue weighted by Gasteiger charge is -2.08. The topological polar surface area (TPSA) is 81.3 Å². The minimum absolute atomic E-state index is 0.0416. The number of nitrogens with one attached hydrogen (secondary N) is 1. The van der Waals surface area contributed by atoms with Crippen LogP contribution in [0.25, 0.3) is 16.0 Å². The molecular weight excluding hydrogens is 382 g/mol. The molecule has 3 aromatic heterocycles. The van der Waals surface area contributed by atoms with Gasteiger partial charge in [-0.2, -0.15) is 0 Å². The fourth-order valence-electron chi connectivity index (χ4n) is 2.87. The van der Waals surface area contributed by atoms with Crippen molar-refractivity contribution in [3.05, 3.63) is 52.1 Å². The van der Waals surface area contributed by atoms with Gasteiger partial charge in [0.15, 0.2) is 5.16 Å². The van der Waals surface area contributed by atoms with E-state index >= 15 is 0 Å². The third-order valence-corrected chi connectivity index (χ3v) is 5.84. The molecule has 0 aliphatic carbocycles. The average Bonchev–Trinajstić information content (AvgIpc) is 3.31. The fraction of sp³-hybridized carbons (Fsp3) is 0.222. The minimum atomic E-state index is -0.119. The van der Waals surface area contributed by atoms with Crippen LogP contribution in [0.1, 0.15) is 13.3 Å². The van der Waals surface area contributed by atoms with Gasteiger partial charge in [0.05, 0.1) is 11.3 Å². The molecule has 4 aromatic rings. The molecule has 1 amide bonds. The van der Waals surface area contributed by atoms with Gasteiger partial charge in [-0.05, 0) is 30.0 Å². The number of aromatic nitrogens is 4. The SMILES string of the molecule is CCCn1c(=O)c2sccc2n2c(SCC(=O)Nc3ccccc3)nnc12. The van der Waals surface area contributed by atoms with E-state index in [1.165, 1.54) is 23.1 Å². The number of anilines is 1. The number of hydrogen-bond donors (Lipinski definition) is 1. The first kappa shape index (κ1) is 17.7. The van der Waals surface area contributed by atoms with E-state index in [2.05, 4.69) is 15.5 Å². The standard InChI is InChI=1S/C18H17N5O2S2/c1-2-9-22-16(25)15-13(8-10-26-15)23-17(22)20-21-18(23)27-11-14(24)19-12-6-4-3-5-7-12/h3-8,10H,2,9,11H2,1H3,(H,19,24). The van der Waals surface area contributed by atoms with Crippen molar-refractivity contribution in [2.24, 2.45) is 0 Å². The third kappa shape index (κ3) is 3.35. The molecule has 138 valence electrons. The van der Waals surface area contributed by atoms with Gasteiger partial charge in [-0.15, -0.1) is 21.5 Å². The van der Waals surface area contributed by atoms with Gasteiger partial charge >= 0.3 is 0 Å². The van der Waals surface area contributed by atoms with Gasteiger partial charge in [-0.25, -0.2) is 0 Å². The summed E-state index contributed by atoms with van der Waals surface area (Å²) in [7, 11) is 0. The molecule has 0 bridgehead atoms. The molecule has 7 nitrogen and oxygen atoms in total. The molecule has 0 aliphatic rings. The van der Waals surface area contributed by atoms with Crippen LogP contribution in [0.2, 0.25) is 0 Å². The summed E-state index contributed by atoms with van der Waals surface area (Å²) in [6, 6.07) is 11.2. The Morgan fingerprint density at radius 3 is 2.81 bits per heavy atom. The molecule has 4 rings (SSSR count). The van der Waals surface area contributed by atoms with Crippen LogP contribution in [-0.4, -0.2) is 30.8 Å². The Labute approximate surface area is 163 Å². The van der Waals surface area contributed by atoms with E-state index in [1.807, 2.05) is 53.1 Å². The Kier molecular flexibility index (Phi) is 4.95. The number of carbonyl (C=O) groups excluding carboxylic acids is 1. The van der Waals surface area contributed by atoms with E-state index in [0.29, 0.717) is 22.2 Å². The zero-order chi connectivity index (χ0) is 18.8. The Morgan fingerprint density at radius 2 is 2.04 bits per heavy atom. The van der Waals surface area contributed by atoms with E-state index < -0.39 is 0 Å². The summed E-state index contributed by atoms with van der Waals surface area (Å²) in [5, 5.41) is 13.8. The predicted molar refractivity (Wildman–Crippen MR) is 109 cm³/mol. The summed E-state index contributed by atoms with van der Waals surface area (Å²) in [5.74, 6) is 0.596. The van der Waals surface area contributed by atoms with Crippen LogP contribution in [0.3, 0.4) is 0 Å². The smallest absolute Gasteiger partial charge is 0.272 e. The second kappa shape index (κ2) is 7.53. The summed E-state index contributed by atoms with van der Waals surface area (Å²) < 4.78 is 4.19. The predicted octanol–water partition coefficient (Wildman–Crippen LogP) is 3.25. The second-order valence-electron chi connectivity index (χ2n) is 5.91. The minimum Gasteiger partial charge on any atom is -0.325 e. The van der Waals surface area contributed by atoms with Crippen molar-refractivity contribution < 1.29 is 4.79 Å². The summed E-state index contributed by atoms with van der Waals surface area (Å²) in [6.07, 6.45) is 0.821. The number of thiophene rings is 1. The lowest BCUT2D eigenvalue weighted by atomic mass is 10.3. The zero-order valence-corrected chi connectivity index (χ0v) is 16.2. The van der Waals surface area contributed by atoms with Crippen molar-refractivity contribution in [3.8, 4) is 0 Å². The highest BCUT2D eigenvalue weighted by Gasteiger charge is 2.18. The van der Waals surface area contributed by atoms with E-state index in [4.69, 9.17) is 0 Å². The van der Waals surface area contributed by atoms with E-state index in [1.54, 1.807) is 4.57 Å². The highest BCUT2D eigenvalue weighted by Crippen LogP contribution is 2.24. The van der Waals surface area contributed by atoms with Gasteiger partial charge in [0.1, 0.15) is 4.70 Å². The molecule has 9 heteroatoms. The number of hydrogen-bond acceptors (Lipinski definition) is 6. The maximum atomic E-state index is 12.7. The van der Waals surface area contributed by atoms with Crippen molar-refractivity contribution in [1.82, 2.24) is 19.2 Å². The van der Waals surface area contributed by atoms with Gasteiger partial charge < -0.3 is 5.32 Å². The van der Waals surface area contributed by atoms with Crippen molar-refractivity contribution in [2.75, 3.05) is 11.1 Å². The van der Waals surface area contributed by atoms with Crippen LogP contribution in [0.5, 0.6) is 0 Å². The summed E-state index contributed by atoms with van der Waals surface area (Å²) >= 11 is 2.71. The molecule has 27 heavy (non-hydrogen) atoms. The number of thioether (sulfide) groups is 1. The summed E-state index contributed by atoms with van der Waals surface area (Å²) in [6.45, 7) is 2.59. The van der Waals surface area contributed by atoms with Crippen LogP contribution in [0, 0.1) is 0 Å². The van der Waals surface area contributed by atoms with Gasteiger partial charge in [0.25, 0.3) is 5.56 Å². The van der Waals surface area contributed by atoms with Gasteiger partial charge in [-0.1, -0.05) is 36.9 Å². The average molecular weight is 400 g/mol. The molecule has 0 saturated heterocycles. The number of benzene rings is 1. The lowest BCUT2D eigenvalue weighted by molar-refractivity contribution is -0.113. The van der Waals surface area contributed by atoms with E-state index in [9.17, 15) is 9.59 Å². The number of rotatable bonds is 6. The molecule has 0 fully saturated rings. The number of nitrogens with zero attached hydrogens (tertiary/aromatic N) is 4. The molecule has 0 spiro atoms. The molecule has 0 aliphatic heterocycles. The maximum Gasteiger partial charge on any atom is 0.272 e. The number of amides is 1. The molecule has 0 unspecified atom stereocenters. The van der Waals surface area contributed by atoms with Crippen LogP contribution in [-0.2, 0) is 11.3 Å². The second-order valence-corrected chi connectivity index (χ2v) is 7.77. The van der Waals surface area contributed by atoms with Crippen LogP contribution < -0.4 is 10.9 Å². The Morgan fingerprint density at radius 1 is 1.22 bits per heavy atom. The zero-order valence-electron chi connectivity index (χ0n) is 14.6. The van der Waals surface area contributed by atoms with Crippen molar-refractivity contribution >= 4 is 50.7 Å². The normalized spacial score (nSPS) is 11.3. The first-order chi connectivity index (χ1) is 13.2. The molecule has 1 N–H and O–H groups in total. The number of para-hydroxylation sites is 1. The first-order valence-corrected chi connectivity index (χ1v) is 10.4. The van der Waals surface area contributed by atoms with Gasteiger partial charge in [0.2, 0.25) is 11.7 Å². The van der Waals surface area contributed by atoms with Gasteiger partial charge in [-0.3, -0.25) is 18.6 Å². The molecule has 0 radical (unpaired) electrons. The van der Waals surface area contributed by atoms with E-state index in [-0.39, 0.29) is 17.2 Å². The summed E-state index contributed by atoms with van der Waals surface area (Å²) in [5.41, 5.74) is 1.50. The number of carbonyl (C=O) groups is 1. The Hall–Kier alpha value is -2.65. The van der Waals surface area contributed by atoms with Crippen LogP contribution in [0.4, 0.5) is 5.69 Å². The van der Waals surface area contributed by atoms with E-state index in [0.717, 1.165) is 17.6 Å². The maximum absolute atomic E-state index is 12.7. The van der Waals surface area contributed by atoms with Crippen LogP contribution >= 0.6 is 23.1 Å². The molecular formula is C18H17N5O2S2. The number of aryl methyl sites for hydroxylation is 1. The monoisotopic (exact) mass is 399 g/mol. The summed E-state index contributed by atoms with van der Waals surface area (Å²) in [4.78, 5) is 24.9. The Balaban J connectivity index is 1.65. The Bertz CT molecular complexity index is 1160. The van der Waals surface area contributed by atoms with Crippen molar-refractivity contribution in [3.63, 3.8) is 0 Å². The molecule has 0 saturated carbocycles. The first-order valence-electron chi connectivity index (χ1n) is 8.52.